The molecule has 1 radical (unpaired) electrons. The van der Waals surface area contributed by atoms with Gasteiger partial charge in [0.25, 0.3) is 0 Å². The lowest BCUT2D eigenvalue weighted by molar-refractivity contribution is 0.262. The van der Waals surface area contributed by atoms with E-state index in [9.17, 15) is 0 Å². The highest BCUT2D eigenvalue weighted by Gasteiger charge is 2.20. The molecule has 0 atom stereocenters. The summed E-state index contributed by atoms with van der Waals surface area (Å²) in [7, 11) is 0. The zero-order valence-electron chi connectivity index (χ0n) is 8.90. The summed E-state index contributed by atoms with van der Waals surface area (Å²) in [5.74, 6) is 3.70. The Hall–Kier alpha value is 0. The van der Waals surface area contributed by atoms with Gasteiger partial charge in [0, 0.05) is 0 Å². The second-order valence-electron chi connectivity index (χ2n) is 4.71. The summed E-state index contributed by atoms with van der Waals surface area (Å²) in [6, 6.07) is 0. The van der Waals surface area contributed by atoms with Crippen LogP contribution >= 0.6 is 0 Å². The van der Waals surface area contributed by atoms with Gasteiger partial charge in [-0.2, -0.15) is 0 Å². The van der Waals surface area contributed by atoms with Crippen molar-refractivity contribution in [1.82, 2.24) is 0 Å². The Morgan fingerprint density at radius 1 is 1.00 bits per heavy atom. The molecule has 0 saturated heterocycles. The van der Waals surface area contributed by atoms with Crippen molar-refractivity contribution in [2.45, 2.75) is 59.3 Å². The van der Waals surface area contributed by atoms with Crippen molar-refractivity contribution < 1.29 is 0 Å². The van der Waals surface area contributed by atoms with Crippen molar-refractivity contribution in [2.75, 3.05) is 0 Å². The van der Waals surface area contributed by atoms with Crippen LogP contribution in [0.4, 0.5) is 0 Å². The third-order valence-electron chi connectivity index (χ3n) is 3.24. The van der Waals surface area contributed by atoms with Gasteiger partial charge in [0.1, 0.15) is 0 Å². The Labute approximate surface area is 77.7 Å². The van der Waals surface area contributed by atoms with E-state index in [0.717, 1.165) is 11.8 Å². The van der Waals surface area contributed by atoms with Crippen LogP contribution in [0, 0.1) is 17.8 Å². The minimum absolute atomic E-state index is 1.03. The average molecular weight is 167 g/mol. The van der Waals surface area contributed by atoms with Crippen LogP contribution in [0.15, 0.2) is 0 Å². The van der Waals surface area contributed by atoms with Crippen molar-refractivity contribution >= 4 is 0 Å². The van der Waals surface area contributed by atoms with Gasteiger partial charge in [0.05, 0.1) is 0 Å². The molecule has 0 aromatic rings. The van der Waals surface area contributed by atoms with Crippen molar-refractivity contribution in [2.24, 2.45) is 11.8 Å². The van der Waals surface area contributed by atoms with Crippen LogP contribution in [0.3, 0.4) is 0 Å². The first-order valence-electron chi connectivity index (χ1n) is 5.51. The van der Waals surface area contributed by atoms with E-state index >= 15 is 0 Å². The lowest BCUT2D eigenvalue weighted by atomic mass is 9.78. The van der Waals surface area contributed by atoms with Gasteiger partial charge in [-0.25, -0.2) is 0 Å². The summed E-state index contributed by atoms with van der Waals surface area (Å²) in [6.45, 7) is 6.88. The number of hydrogen-bond donors (Lipinski definition) is 0. The van der Waals surface area contributed by atoms with E-state index in [1.165, 1.54) is 38.5 Å². The maximum Gasteiger partial charge on any atom is -0.0300 e. The van der Waals surface area contributed by atoms with Gasteiger partial charge in [0.15, 0.2) is 0 Å². The monoisotopic (exact) mass is 167 g/mol. The van der Waals surface area contributed by atoms with Gasteiger partial charge < -0.3 is 0 Å². The highest BCUT2D eigenvalue weighted by atomic mass is 14.3. The first-order chi connectivity index (χ1) is 5.72. The molecule has 0 aromatic carbocycles. The maximum absolute atomic E-state index is 2.34. The van der Waals surface area contributed by atoms with Crippen LogP contribution in [0.5, 0.6) is 0 Å². The minimum atomic E-state index is 1.03. The van der Waals surface area contributed by atoms with E-state index in [1.807, 2.05) is 0 Å². The predicted molar refractivity (Wildman–Crippen MR) is 54.9 cm³/mol. The van der Waals surface area contributed by atoms with Crippen LogP contribution < -0.4 is 0 Å². The van der Waals surface area contributed by atoms with Gasteiger partial charge in [-0.1, -0.05) is 52.9 Å². The third kappa shape index (κ3) is 3.16. The van der Waals surface area contributed by atoms with Crippen LogP contribution in [-0.4, -0.2) is 0 Å². The highest BCUT2D eigenvalue weighted by Crippen LogP contribution is 2.34. The average Bonchev–Trinajstić information content (AvgIpc) is 2.05. The standard InChI is InChI=1S/C12H23/c1-4-11-5-7-12(8-6-11)9-10(2)3/h11-12H,4-9H2,1-3H3. The molecule has 0 aromatic heterocycles. The fraction of sp³-hybridized carbons (Fsp3) is 0.917. The van der Waals surface area contributed by atoms with Crippen molar-refractivity contribution in [1.29, 1.82) is 0 Å². The van der Waals surface area contributed by atoms with Gasteiger partial charge in [-0.3, -0.25) is 0 Å². The molecule has 1 rings (SSSR count). The topological polar surface area (TPSA) is 0 Å². The molecule has 0 bridgehead atoms. The molecule has 0 unspecified atom stereocenters. The van der Waals surface area contributed by atoms with Crippen LogP contribution in [0.2, 0.25) is 0 Å². The van der Waals surface area contributed by atoms with Crippen LogP contribution in [0.1, 0.15) is 59.3 Å². The minimum Gasteiger partial charge on any atom is -0.0651 e. The Morgan fingerprint density at radius 2 is 1.50 bits per heavy atom. The summed E-state index contributed by atoms with van der Waals surface area (Å²) in [5, 5.41) is 0. The quantitative estimate of drug-likeness (QED) is 0.590. The SMILES string of the molecule is CCC1CCC(C[C](C)C)CC1. The number of hydrogen-bond acceptors (Lipinski definition) is 0. The second-order valence-corrected chi connectivity index (χ2v) is 4.71. The van der Waals surface area contributed by atoms with Gasteiger partial charge >= 0.3 is 0 Å². The second kappa shape index (κ2) is 4.89. The summed E-state index contributed by atoms with van der Waals surface area (Å²) in [5.41, 5.74) is 0. The molecule has 1 aliphatic carbocycles. The number of rotatable bonds is 3. The van der Waals surface area contributed by atoms with E-state index in [0.29, 0.717) is 0 Å². The lowest BCUT2D eigenvalue weighted by Crippen LogP contribution is -2.14. The van der Waals surface area contributed by atoms with E-state index in [4.69, 9.17) is 0 Å². The summed E-state index contributed by atoms with van der Waals surface area (Å²) in [4.78, 5) is 0. The smallest absolute Gasteiger partial charge is 0.0300 e. The van der Waals surface area contributed by atoms with E-state index in [1.54, 1.807) is 5.92 Å². The summed E-state index contributed by atoms with van der Waals surface area (Å²) < 4.78 is 0. The molecule has 0 heteroatoms. The van der Waals surface area contributed by atoms with Gasteiger partial charge in [0.2, 0.25) is 0 Å². The molecule has 0 N–H and O–H groups in total. The first-order valence-corrected chi connectivity index (χ1v) is 5.51. The van der Waals surface area contributed by atoms with Crippen molar-refractivity contribution in [3.63, 3.8) is 0 Å². The Balaban J connectivity index is 2.17. The normalized spacial score (nSPS) is 31.0. The molecule has 12 heavy (non-hydrogen) atoms. The van der Waals surface area contributed by atoms with E-state index in [-0.39, 0.29) is 0 Å². The first kappa shape index (κ1) is 10.1. The maximum atomic E-state index is 2.34. The lowest BCUT2D eigenvalue weighted by Gasteiger charge is -2.28. The molecule has 1 aliphatic rings. The fourth-order valence-corrected chi connectivity index (χ4v) is 2.42. The van der Waals surface area contributed by atoms with Crippen molar-refractivity contribution in [3.05, 3.63) is 5.92 Å². The zero-order valence-corrected chi connectivity index (χ0v) is 8.90. The Bertz CT molecular complexity index is 107. The van der Waals surface area contributed by atoms with Gasteiger partial charge in [-0.15, -0.1) is 0 Å². The molecule has 0 nitrogen and oxygen atoms in total. The Morgan fingerprint density at radius 3 is 1.92 bits per heavy atom. The largest absolute Gasteiger partial charge is 0.0651 e. The molecule has 1 fully saturated rings. The highest BCUT2D eigenvalue weighted by molar-refractivity contribution is 4.83. The molecule has 0 heterocycles. The van der Waals surface area contributed by atoms with Crippen molar-refractivity contribution in [3.8, 4) is 0 Å². The Kier molecular flexibility index (Phi) is 4.11. The zero-order chi connectivity index (χ0) is 8.97. The summed E-state index contributed by atoms with van der Waals surface area (Å²) in [6.07, 6.45) is 8.76. The molecule has 0 aliphatic heterocycles. The predicted octanol–water partition coefficient (Wildman–Crippen LogP) is 4.21. The molecular formula is C12H23. The molecule has 1 saturated carbocycles. The van der Waals surface area contributed by atoms with Crippen LogP contribution in [0.25, 0.3) is 0 Å². The summed E-state index contributed by atoms with van der Waals surface area (Å²) >= 11 is 0. The third-order valence-corrected chi connectivity index (χ3v) is 3.24. The van der Waals surface area contributed by atoms with Gasteiger partial charge in [-0.05, 0) is 24.2 Å². The molecular weight excluding hydrogens is 144 g/mol. The van der Waals surface area contributed by atoms with E-state index < -0.39 is 0 Å². The van der Waals surface area contributed by atoms with Crippen LogP contribution in [-0.2, 0) is 0 Å². The molecule has 71 valence electrons. The molecule has 0 amide bonds. The molecule has 0 spiro atoms. The fourth-order valence-electron chi connectivity index (χ4n) is 2.42. The van der Waals surface area contributed by atoms with E-state index in [2.05, 4.69) is 20.8 Å².